The molecule has 0 aliphatic carbocycles. The summed E-state index contributed by atoms with van der Waals surface area (Å²) < 4.78 is 14.6. The van der Waals surface area contributed by atoms with Crippen LogP contribution >= 0.6 is 0 Å². The van der Waals surface area contributed by atoms with E-state index in [1.165, 1.54) is 11.0 Å². The predicted molar refractivity (Wildman–Crippen MR) is 104 cm³/mol. The third kappa shape index (κ3) is 3.73. The lowest BCUT2D eigenvalue weighted by Gasteiger charge is -2.34. The van der Waals surface area contributed by atoms with Crippen LogP contribution in [0, 0.1) is 5.82 Å². The number of hydrogen-bond donors (Lipinski definition) is 1. The second-order valence-corrected chi connectivity index (χ2v) is 7.15. The standard InChI is InChI=1S/C18H21FN4O3.C2H6/c1-21-4-6-22(7-5-21)15-8-11-10-23(18(26)12(11)9-13(15)19)14-2-3-16(24)20-17(14)25;1-2/h8-9,14H,2-7,10H2,1H3,(H,20,24,25);1-2H3. The fourth-order valence-corrected chi connectivity index (χ4v) is 3.87. The van der Waals surface area contributed by atoms with Crippen molar-refractivity contribution < 1.29 is 18.8 Å². The Kier molecular flexibility index (Phi) is 5.98. The van der Waals surface area contributed by atoms with Crippen LogP contribution in [0.2, 0.25) is 0 Å². The molecule has 2 fully saturated rings. The van der Waals surface area contributed by atoms with Crippen LogP contribution in [-0.2, 0) is 16.1 Å². The van der Waals surface area contributed by atoms with Gasteiger partial charge in [-0.2, -0.15) is 0 Å². The summed E-state index contributed by atoms with van der Waals surface area (Å²) in [5.74, 6) is -1.54. The van der Waals surface area contributed by atoms with Gasteiger partial charge in [-0.05, 0) is 31.2 Å². The lowest BCUT2D eigenvalue weighted by Crippen LogP contribution is -2.52. The SMILES string of the molecule is CC.CN1CCN(c2cc3c(cc2F)C(=O)N(C2CCC(=O)NC2=O)C3)CC1. The summed E-state index contributed by atoms with van der Waals surface area (Å²) in [6.45, 7) is 7.45. The summed E-state index contributed by atoms with van der Waals surface area (Å²) in [6, 6.07) is 2.35. The maximum Gasteiger partial charge on any atom is 0.255 e. The van der Waals surface area contributed by atoms with Crippen molar-refractivity contribution in [3.63, 3.8) is 0 Å². The number of anilines is 1. The zero-order chi connectivity index (χ0) is 20.4. The van der Waals surface area contributed by atoms with Crippen LogP contribution in [0.1, 0.15) is 42.6 Å². The minimum atomic E-state index is -0.678. The zero-order valence-corrected chi connectivity index (χ0v) is 16.6. The lowest BCUT2D eigenvalue weighted by molar-refractivity contribution is -0.136. The highest BCUT2D eigenvalue weighted by Crippen LogP contribution is 2.32. The van der Waals surface area contributed by atoms with Gasteiger partial charge in [0.15, 0.2) is 0 Å². The average molecular weight is 390 g/mol. The monoisotopic (exact) mass is 390 g/mol. The van der Waals surface area contributed by atoms with Crippen molar-refractivity contribution >= 4 is 23.4 Å². The highest BCUT2D eigenvalue weighted by atomic mass is 19.1. The Morgan fingerprint density at radius 1 is 1.07 bits per heavy atom. The van der Waals surface area contributed by atoms with Gasteiger partial charge in [-0.25, -0.2) is 4.39 Å². The molecule has 3 aliphatic heterocycles. The number of piperidine rings is 1. The van der Waals surface area contributed by atoms with Gasteiger partial charge in [0.25, 0.3) is 5.91 Å². The normalized spacial score (nSPS) is 22.6. The number of carbonyl (C=O) groups excluding carboxylic acids is 3. The molecule has 1 aromatic carbocycles. The van der Waals surface area contributed by atoms with E-state index >= 15 is 0 Å². The zero-order valence-electron chi connectivity index (χ0n) is 16.6. The Bertz CT molecular complexity index is 790. The molecule has 1 aromatic rings. The molecule has 0 bridgehead atoms. The van der Waals surface area contributed by atoms with E-state index < -0.39 is 17.8 Å². The van der Waals surface area contributed by atoms with E-state index in [-0.39, 0.29) is 24.8 Å². The quantitative estimate of drug-likeness (QED) is 0.772. The Balaban J connectivity index is 0.00000109. The molecule has 4 rings (SSSR count). The van der Waals surface area contributed by atoms with Crippen LogP contribution in [0.5, 0.6) is 0 Å². The van der Waals surface area contributed by atoms with Gasteiger partial charge in [-0.3, -0.25) is 19.7 Å². The first-order valence-electron chi connectivity index (χ1n) is 9.84. The molecule has 0 radical (unpaired) electrons. The second-order valence-electron chi connectivity index (χ2n) is 7.15. The largest absolute Gasteiger partial charge is 0.367 e. The van der Waals surface area contributed by atoms with Crippen LogP contribution < -0.4 is 10.2 Å². The molecule has 1 unspecified atom stereocenters. The van der Waals surface area contributed by atoms with E-state index in [9.17, 15) is 18.8 Å². The molecule has 7 nitrogen and oxygen atoms in total. The van der Waals surface area contributed by atoms with Crippen LogP contribution in [0.4, 0.5) is 10.1 Å². The van der Waals surface area contributed by atoms with E-state index in [1.54, 1.807) is 6.07 Å². The molecule has 0 aromatic heterocycles. The number of rotatable bonds is 2. The van der Waals surface area contributed by atoms with Gasteiger partial charge in [0.1, 0.15) is 11.9 Å². The minimum Gasteiger partial charge on any atom is -0.367 e. The number of nitrogens with zero attached hydrogens (tertiary/aromatic N) is 3. The van der Waals surface area contributed by atoms with E-state index in [0.717, 1.165) is 31.7 Å². The van der Waals surface area contributed by atoms with Gasteiger partial charge in [-0.15, -0.1) is 0 Å². The number of amides is 3. The van der Waals surface area contributed by atoms with Gasteiger partial charge < -0.3 is 14.7 Å². The van der Waals surface area contributed by atoms with Crippen LogP contribution in [0.3, 0.4) is 0 Å². The molecule has 1 N–H and O–H groups in total. The number of carbonyl (C=O) groups is 3. The van der Waals surface area contributed by atoms with Crippen molar-refractivity contribution in [3.8, 4) is 0 Å². The van der Waals surface area contributed by atoms with Crippen molar-refractivity contribution in [2.45, 2.75) is 39.3 Å². The number of fused-ring (bicyclic) bond motifs is 1. The smallest absolute Gasteiger partial charge is 0.255 e. The number of piperazine rings is 1. The summed E-state index contributed by atoms with van der Waals surface area (Å²) >= 11 is 0. The Morgan fingerprint density at radius 3 is 2.39 bits per heavy atom. The molecular weight excluding hydrogens is 363 g/mol. The topological polar surface area (TPSA) is 73.0 Å². The number of benzene rings is 1. The lowest BCUT2D eigenvalue weighted by atomic mass is 10.0. The molecule has 152 valence electrons. The van der Waals surface area contributed by atoms with Crippen molar-refractivity contribution in [3.05, 3.63) is 29.1 Å². The number of hydrogen-bond acceptors (Lipinski definition) is 5. The van der Waals surface area contributed by atoms with E-state index in [2.05, 4.69) is 10.2 Å². The molecular formula is C20H27FN4O3. The van der Waals surface area contributed by atoms with Gasteiger partial charge >= 0.3 is 0 Å². The van der Waals surface area contributed by atoms with Crippen molar-refractivity contribution in [2.24, 2.45) is 0 Å². The molecule has 3 aliphatic rings. The van der Waals surface area contributed by atoms with Crippen molar-refractivity contribution in [2.75, 3.05) is 38.1 Å². The Morgan fingerprint density at radius 2 is 1.75 bits per heavy atom. The summed E-state index contributed by atoms with van der Waals surface area (Å²) in [6.07, 6.45) is 0.510. The summed E-state index contributed by atoms with van der Waals surface area (Å²) in [5, 5.41) is 2.27. The second kappa shape index (κ2) is 8.26. The molecule has 3 heterocycles. The molecule has 1 atom stereocenters. The van der Waals surface area contributed by atoms with E-state index in [4.69, 9.17) is 0 Å². The van der Waals surface area contributed by atoms with Gasteiger partial charge in [-0.1, -0.05) is 13.8 Å². The molecule has 3 amide bonds. The highest BCUT2D eigenvalue weighted by Gasteiger charge is 2.39. The van der Waals surface area contributed by atoms with Gasteiger partial charge in [0.05, 0.1) is 5.69 Å². The minimum absolute atomic E-state index is 0.206. The molecule has 28 heavy (non-hydrogen) atoms. The summed E-state index contributed by atoms with van der Waals surface area (Å²) in [5.41, 5.74) is 1.55. The predicted octanol–water partition coefficient (Wildman–Crippen LogP) is 1.36. The van der Waals surface area contributed by atoms with Gasteiger partial charge in [0.2, 0.25) is 11.8 Å². The number of nitrogens with one attached hydrogen (secondary N) is 1. The fourth-order valence-electron chi connectivity index (χ4n) is 3.87. The molecule has 2 saturated heterocycles. The first-order chi connectivity index (χ1) is 13.4. The maximum absolute atomic E-state index is 14.6. The third-order valence-electron chi connectivity index (χ3n) is 5.43. The maximum atomic E-state index is 14.6. The third-order valence-corrected chi connectivity index (χ3v) is 5.43. The van der Waals surface area contributed by atoms with Gasteiger partial charge in [0, 0.05) is 44.7 Å². The van der Waals surface area contributed by atoms with E-state index in [0.29, 0.717) is 17.7 Å². The highest BCUT2D eigenvalue weighted by molar-refractivity contribution is 6.05. The van der Waals surface area contributed by atoms with Crippen LogP contribution in [-0.4, -0.2) is 66.8 Å². The Hall–Kier alpha value is -2.48. The molecule has 8 heteroatoms. The van der Waals surface area contributed by atoms with Crippen LogP contribution in [0.15, 0.2) is 12.1 Å². The van der Waals surface area contributed by atoms with Crippen LogP contribution in [0.25, 0.3) is 0 Å². The van der Waals surface area contributed by atoms with Crippen molar-refractivity contribution in [1.29, 1.82) is 0 Å². The Labute approximate surface area is 164 Å². The first kappa shape index (κ1) is 20.3. The molecule has 0 spiro atoms. The average Bonchev–Trinajstić information content (AvgIpc) is 2.99. The van der Waals surface area contributed by atoms with E-state index in [1.807, 2.05) is 25.8 Å². The van der Waals surface area contributed by atoms with Crippen molar-refractivity contribution in [1.82, 2.24) is 15.1 Å². The number of imide groups is 1. The number of likely N-dealkylation sites (N-methyl/N-ethyl adjacent to an activating group) is 1. The molecule has 0 saturated carbocycles. The fraction of sp³-hybridized carbons (Fsp3) is 0.550. The summed E-state index contributed by atoms with van der Waals surface area (Å²) in [4.78, 5) is 41.7. The number of halogens is 1. The first-order valence-corrected chi connectivity index (χ1v) is 9.84. The summed E-state index contributed by atoms with van der Waals surface area (Å²) in [7, 11) is 2.03.